The van der Waals surface area contributed by atoms with E-state index in [2.05, 4.69) is 27.1 Å². The van der Waals surface area contributed by atoms with Crippen molar-refractivity contribution in [3.63, 3.8) is 0 Å². The highest BCUT2D eigenvalue weighted by atomic mass is 16.5. The van der Waals surface area contributed by atoms with Gasteiger partial charge in [-0.25, -0.2) is 0 Å². The maximum absolute atomic E-state index is 12.4. The van der Waals surface area contributed by atoms with Crippen molar-refractivity contribution in [1.29, 1.82) is 0 Å². The molecule has 4 rings (SSSR count). The molecule has 2 aromatic carbocycles. The van der Waals surface area contributed by atoms with E-state index in [1.165, 1.54) is 0 Å². The van der Waals surface area contributed by atoms with Crippen molar-refractivity contribution in [3.8, 4) is 16.9 Å². The lowest BCUT2D eigenvalue weighted by Gasteiger charge is -2.15. The molecule has 150 valence electrons. The summed E-state index contributed by atoms with van der Waals surface area (Å²) < 4.78 is 5.94. The fraction of sp³-hybridized carbons (Fsp3) is 0.160. The van der Waals surface area contributed by atoms with Gasteiger partial charge in [0, 0.05) is 52.4 Å². The third kappa shape index (κ3) is 4.30. The Morgan fingerprint density at radius 1 is 1.17 bits per heavy atom. The van der Waals surface area contributed by atoms with E-state index >= 15 is 0 Å². The van der Waals surface area contributed by atoms with Gasteiger partial charge in [-0.2, -0.15) is 0 Å². The zero-order valence-corrected chi connectivity index (χ0v) is 17.1. The van der Waals surface area contributed by atoms with Crippen molar-refractivity contribution >= 4 is 22.9 Å². The fourth-order valence-electron chi connectivity index (χ4n) is 3.55. The molecule has 2 aromatic heterocycles. The van der Waals surface area contributed by atoms with Gasteiger partial charge in [-0.3, -0.25) is 14.8 Å². The average Bonchev–Trinajstić information content (AvgIpc) is 3.23. The summed E-state index contributed by atoms with van der Waals surface area (Å²) in [5, 5.41) is 1.08. The van der Waals surface area contributed by atoms with Crippen LogP contribution in [-0.4, -0.2) is 35.1 Å². The first kappa shape index (κ1) is 19.6. The van der Waals surface area contributed by atoms with Crippen molar-refractivity contribution in [3.05, 3.63) is 83.8 Å². The van der Waals surface area contributed by atoms with E-state index in [1.807, 2.05) is 56.4 Å². The number of aromatic amines is 1. The van der Waals surface area contributed by atoms with E-state index < -0.39 is 0 Å². The third-order valence-corrected chi connectivity index (χ3v) is 4.90. The lowest BCUT2D eigenvalue weighted by atomic mass is 10.0. The number of aromatic nitrogens is 2. The van der Waals surface area contributed by atoms with Crippen molar-refractivity contribution in [2.45, 2.75) is 13.8 Å². The molecule has 0 amide bonds. The zero-order valence-electron chi connectivity index (χ0n) is 17.1. The maximum atomic E-state index is 12.4. The molecular weight excluding hydrogens is 374 g/mol. The molecule has 0 saturated carbocycles. The minimum absolute atomic E-state index is 0.0249. The summed E-state index contributed by atoms with van der Waals surface area (Å²) >= 11 is 0. The van der Waals surface area contributed by atoms with Gasteiger partial charge in [0.15, 0.2) is 5.78 Å². The van der Waals surface area contributed by atoms with Crippen LogP contribution in [0.1, 0.15) is 16.7 Å². The minimum Gasteiger partial charge on any atom is -0.485 e. The van der Waals surface area contributed by atoms with Gasteiger partial charge in [-0.1, -0.05) is 24.3 Å². The predicted octanol–water partition coefficient (Wildman–Crippen LogP) is 4.91. The predicted molar refractivity (Wildman–Crippen MR) is 120 cm³/mol. The Balaban J connectivity index is 1.45. The number of nitrogens with one attached hydrogen (secondary N) is 1. The summed E-state index contributed by atoms with van der Waals surface area (Å²) in [6, 6.07) is 15.9. The molecule has 2 heterocycles. The van der Waals surface area contributed by atoms with E-state index in [0.29, 0.717) is 5.75 Å². The third-order valence-electron chi connectivity index (χ3n) is 4.90. The molecule has 0 saturated heterocycles. The number of carbonyl (C=O) groups excluding carboxylic acids is 1. The van der Waals surface area contributed by atoms with E-state index in [-0.39, 0.29) is 18.9 Å². The molecule has 0 radical (unpaired) electrons. The second kappa shape index (κ2) is 8.74. The van der Waals surface area contributed by atoms with Gasteiger partial charge in [-0.05, 0) is 49.2 Å². The van der Waals surface area contributed by atoms with Crippen LogP contribution in [0.2, 0.25) is 0 Å². The second-order valence-electron chi connectivity index (χ2n) is 7.28. The first-order valence-corrected chi connectivity index (χ1v) is 9.84. The summed E-state index contributed by atoms with van der Waals surface area (Å²) in [5.41, 5.74) is 6.06. The number of fused-ring (bicyclic) bond motifs is 1. The quantitative estimate of drug-likeness (QED) is 0.450. The Kier molecular flexibility index (Phi) is 5.70. The number of hydrogen-bond donors (Lipinski definition) is 1. The first-order valence-electron chi connectivity index (χ1n) is 9.84. The van der Waals surface area contributed by atoms with Crippen LogP contribution in [0, 0.1) is 13.8 Å². The van der Waals surface area contributed by atoms with Gasteiger partial charge in [0.05, 0.1) is 0 Å². The van der Waals surface area contributed by atoms with Crippen LogP contribution >= 0.6 is 0 Å². The number of hydrogen-bond acceptors (Lipinski definition) is 4. The molecule has 30 heavy (non-hydrogen) atoms. The SMILES string of the molecule is Cc1cc(C)c(OCC(=O)CN=Cc2cccc3[nH]ccc23)c(-c2cccnc2)c1. The van der Waals surface area contributed by atoms with Crippen LogP contribution in [0.5, 0.6) is 5.75 Å². The number of aliphatic imine (C=N–C) groups is 1. The fourth-order valence-corrected chi connectivity index (χ4v) is 3.55. The standard InChI is InChI=1S/C25H23N3O2/c1-17-11-18(2)25(23(12-17)20-6-4-9-26-13-20)30-16-21(29)15-27-14-19-5-3-7-24-22(19)8-10-28-24/h3-14,28H,15-16H2,1-2H3. The molecule has 0 unspecified atom stereocenters. The highest BCUT2D eigenvalue weighted by Gasteiger charge is 2.13. The van der Waals surface area contributed by atoms with Crippen molar-refractivity contribution in [2.75, 3.05) is 13.2 Å². The highest BCUT2D eigenvalue weighted by Crippen LogP contribution is 2.34. The molecule has 0 spiro atoms. The number of nitrogens with zero attached hydrogens (tertiary/aromatic N) is 2. The van der Waals surface area contributed by atoms with Crippen LogP contribution in [0.15, 0.2) is 72.1 Å². The summed E-state index contributed by atoms with van der Waals surface area (Å²) in [5.74, 6) is 0.632. The number of ketones is 1. The smallest absolute Gasteiger partial charge is 0.191 e. The van der Waals surface area contributed by atoms with E-state index in [1.54, 1.807) is 18.6 Å². The van der Waals surface area contributed by atoms with E-state index in [4.69, 9.17) is 4.74 Å². The van der Waals surface area contributed by atoms with Crippen molar-refractivity contribution in [1.82, 2.24) is 9.97 Å². The largest absolute Gasteiger partial charge is 0.485 e. The zero-order chi connectivity index (χ0) is 20.9. The van der Waals surface area contributed by atoms with Crippen molar-refractivity contribution < 1.29 is 9.53 Å². The summed E-state index contributed by atoms with van der Waals surface area (Å²) in [7, 11) is 0. The van der Waals surface area contributed by atoms with Crippen LogP contribution in [0.3, 0.4) is 0 Å². The summed E-state index contributed by atoms with van der Waals surface area (Å²) in [4.78, 5) is 24.1. The Morgan fingerprint density at radius 3 is 2.90 bits per heavy atom. The molecule has 0 aliphatic heterocycles. The van der Waals surface area contributed by atoms with Crippen LogP contribution < -0.4 is 4.74 Å². The number of pyridine rings is 1. The molecule has 5 heteroatoms. The molecular formula is C25H23N3O2. The lowest BCUT2D eigenvalue weighted by Crippen LogP contribution is -2.15. The Bertz CT molecular complexity index is 1210. The molecule has 0 aliphatic carbocycles. The number of aryl methyl sites for hydroxylation is 2. The summed E-state index contributed by atoms with van der Waals surface area (Å²) in [6.07, 6.45) is 7.17. The van der Waals surface area contributed by atoms with Gasteiger partial charge in [0.1, 0.15) is 18.9 Å². The molecule has 0 atom stereocenters. The monoisotopic (exact) mass is 397 g/mol. The van der Waals surface area contributed by atoms with Gasteiger partial charge in [-0.15, -0.1) is 0 Å². The summed E-state index contributed by atoms with van der Waals surface area (Å²) in [6.45, 7) is 4.08. The molecule has 0 fully saturated rings. The molecule has 5 nitrogen and oxygen atoms in total. The molecule has 1 N–H and O–H groups in total. The molecule has 0 aliphatic rings. The Labute approximate surface area is 175 Å². The lowest BCUT2D eigenvalue weighted by molar-refractivity contribution is -0.119. The average molecular weight is 397 g/mol. The number of H-pyrrole nitrogens is 1. The highest BCUT2D eigenvalue weighted by molar-refractivity contribution is 5.99. The first-order chi connectivity index (χ1) is 14.6. The second-order valence-corrected chi connectivity index (χ2v) is 7.28. The van der Waals surface area contributed by atoms with Crippen LogP contribution in [0.4, 0.5) is 0 Å². The number of rotatable bonds is 7. The normalized spacial score (nSPS) is 11.3. The number of ether oxygens (including phenoxy) is 1. The topological polar surface area (TPSA) is 67.3 Å². The van der Waals surface area contributed by atoms with Gasteiger partial charge >= 0.3 is 0 Å². The number of carbonyl (C=O) groups is 1. The van der Waals surface area contributed by atoms with Crippen LogP contribution in [-0.2, 0) is 4.79 Å². The van der Waals surface area contributed by atoms with Crippen molar-refractivity contribution in [2.24, 2.45) is 4.99 Å². The van der Waals surface area contributed by atoms with Gasteiger partial charge in [0.25, 0.3) is 0 Å². The maximum Gasteiger partial charge on any atom is 0.191 e. The van der Waals surface area contributed by atoms with Gasteiger partial charge < -0.3 is 9.72 Å². The number of benzene rings is 2. The minimum atomic E-state index is -0.0791. The van der Waals surface area contributed by atoms with Crippen LogP contribution in [0.25, 0.3) is 22.0 Å². The molecule has 4 aromatic rings. The molecule has 0 bridgehead atoms. The van der Waals surface area contributed by atoms with Gasteiger partial charge in [0.2, 0.25) is 0 Å². The van der Waals surface area contributed by atoms with E-state index in [0.717, 1.165) is 38.7 Å². The van der Waals surface area contributed by atoms with E-state index in [9.17, 15) is 4.79 Å². The Hall–Kier alpha value is -3.73. The number of Topliss-reactive ketones (excluding diaryl/α,β-unsaturated/α-hetero) is 1. The Morgan fingerprint density at radius 2 is 2.07 bits per heavy atom.